The molecule has 2 saturated heterocycles. The van der Waals surface area contributed by atoms with Crippen LogP contribution in [0, 0.1) is 12.8 Å². The van der Waals surface area contributed by atoms with Crippen LogP contribution < -0.4 is 5.32 Å². The molecule has 162 valence electrons. The van der Waals surface area contributed by atoms with Crippen LogP contribution in [-0.2, 0) is 17.8 Å². The van der Waals surface area contributed by atoms with Crippen LogP contribution in [0.4, 0.5) is 0 Å². The van der Waals surface area contributed by atoms with Crippen molar-refractivity contribution in [1.82, 2.24) is 25.1 Å². The molecule has 0 spiro atoms. The summed E-state index contributed by atoms with van der Waals surface area (Å²) >= 11 is 0. The van der Waals surface area contributed by atoms with E-state index in [1.165, 1.54) is 24.1 Å². The molecule has 0 bridgehead atoms. The molecule has 1 aromatic carbocycles. The predicted molar refractivity (Wildman–Crippen MR) is 119 cm³/mol. The van der Waals surface area contributed by atoms with E-state index in [4.69, 9.17) is 0 Å². The maximum absolute atomic E-state index is 12.5. The van der Waals surface area contributed by atoms with Gasteiger partial charge in [0.1, 0.15) is 5.82 Å². The summed E-state index contributed by atoms with van der Waals surface area (Å²) in [6, 6.07) is 11.0. The zero-order valence-corrected chi connectivity index (χ0v) is 18.1. The fourth-order valence-electron chi connectivity index (χ4n) is 4.88. The Balaban J connectivity index is 1.14. The highest BCUT2D eigenvalue weighted by molar-refractivity contribution is 5.78. The average Bonchev–Trinajstić information content (AvgIpc) is 3.19. The number of aromatic nitrogens is 2. The van der Waals surface area contributed by atoms with E-state index in [9.17, 15) is 4.79 Å². The first-order valence-electron chi connectivity index (χ1n) is 11.5. The molecule has 6 heteroatoms. The van der Waals surface area contributed by atoms with Gasteiger partial charge in [-0.1, -0.05) is 30.3 Å². The van der Waals surface area contributed by atoms with E-state index in [2.05, 4.69) is 49.4 Å². The minimum absolute atomic E-state index is 0.181. The van der Waals surface area contributed by atoms with E-state index in [1.54, 1.807) is 0 Å². The van der Waals surface area contributed by atoms with Crippen LogP contribution >= 0.6 is 0 Å². The lowest BCUT2D eigenvalue weighted by molar-refractivity contribution is -0.126. The Hall–Kier alpha value is -2.18. The molecule has 0 saturated carbocycles. The van der Waals surface area contributed by atoms with Gasteiger partial charge in [-0.05, 0) is 57.7 Å². The number of aryl methyl sites for hydroxylation is 1. The Morgan fingerprint density at radius 2 is 1.83 bits per heavy atom. The predicted octanol–water partition coefficient (Wildman–Crippen LogP) is 2.75. The van der Waals surface area contributed by atoms with Crippen molar-refractivity contribution in [3.8, 4) is 0 Å². The van der Waals surface area contributed by atoms with E-state index in [-0.39, 0.29) is 11.8 Å². The third-order valence-corrected chi connectivity index (χ3v) is 6.68. The van der Waals surface area contributed by atoms with Crippen molar-refractivity contribution in [2.75, 3.05) is 32.7 Å². The number of nitrogens with one attached hydrogen (secondary N) is 2. The molecular formula is C24H35N5O. The Kier molecular flexibility index (Phi) is 7.18. The summed E-state index contributed by atoms with van der Waals surface area (Å²) in [6.07, 6.45) is 7.29. The highest BCUT2D eigenvalue weighted by atomic mass is 16.1. The van der Waals surface area contributed by atoms with Crippen LogP contribution in [0.25, 0.3) is 0 Å². The van der Waals surface area contributed by atoms with Gasteiger partial charge < -0.3 is 15.2 Å². The number of H-pyrrole nitrogens is 1. The lowest BCUT2D eigenvalue weighted by Gasteiger charge is -2.41. The van der Waals surface area contributed by atoms with Crippen molar-refractivity contribution in [3.05, 3.63) is 53.6 Å². The smallest absolute Gasteiger partial charge is 0.223 e. The first-order valence-corrected chi connectivity index (χ1v) is 11.5. The Morgan fingerprint density at radius 3 is 2.50 bits per heavy atom. The van der Waals surface area contributed by atoms with Crippen molar-refractivity contribution in [3.63, 3.8) is 0 Å². The third-order valence-electron chi connectivity index (χ3n) is 6.68. The molecule has 0 unspecified atom stereocenters. The molecule has 0 aliphatic carbocycles. The molecule has 2 aliphatic rings. The molecule has 3 heterocycles. The largest absolute Gasteiger partial charge is 0.356 e. The number of piperidine rings is 2. The summed E-state index contributed by atoms with van der Waals surface area (Å²) < 4.78 is 0. The monoisotopic (exact) mass is 409 g/mol. The summed E-state index contributed by atoms with van der Waals surface area (Å²) in [5.74, 6) is 1.42. The number of likely N-dealkylation sites (tertiary alicyclic amines) is 2. The average molecular weight is 410 g/mol. The van der Waals surface area contributed by atoms with E-state index in [0.717, 1.165) is 64.4 Å². The van der Waals surface area contributed by atoms with Gasteiger partial charge in [-0.15, -0.1) is 0 Å². The van der Waals surface area contributed by atoms with Gasteiger partial charge in [0.2, 0.25) is 5.91 Å². The first kappa shape index (κ1) is 21.1. The van der Waals surface area contributed by atoms with Crippen LogP contribution in [0.1, 0.15) is 42.8 Å². The number of nitrogens with zero attached hydrogens (tertiary/aromatic N) is 3. The van der Waals surface area contributed by atoms with E-state index < -0.39 is 0 Å². The molecule has 2 aliphatic heterocycles. The van der Waals surface area contributed by atoms with Gasteiger partial charge in [0.25, 0.3) is 0 Å². The second kappa shape index (κ2) is 10.2. The van der Waals surface area contributed by atoms with Gasteiger partial charge in [-0.3, -0.25) is 9.69 Å². The SMILES string of the molecule is Cc1ncc(CN2CCC(N3CCC(C(=O)NCCc4ccccc4)CC3)CC2)[nH]1. The second-order valence-electron chi connectivity index (χ2n) is 8.84. The first-order chi connectivity index (χ1) is 14.7. The minimum atomic E-state index is 0.181. The number of amides is 1. The zero-order chi connectivity index (χ0) is 20.8. The number of hydrogen-bond donors (Lipinski definition) is 2. The van der Waals surface area contributed by atoms with Gasteiger partial charge in [0.05, 0.1) is 0 Å². The molecule has 1 amide bonds. The second-order valence-corrected chi connectivity index (χ2v) is 8.84. The minimum Gasteiger partial charge on any atom is -0.356 e. The van der Waals surface area contributed by atoms with E-state index in [1.807, 2.05) is 19.2 Å². The molecular weight excluding hydrogens is 374 g/mol. The lowest BCUT2D eigenvalue weighted by atomic mass is 9.92. The fourth-order valence-corrected chi connectivity index (χ4v) is 4.88. The molecule has 1 aromatic heterocycles. The van der Waals surface area contributed by atoms with Crippen LogP contribution in [0.2, 0.25) is 0 Å². The van der Waals surface area contributed by atoms with Crippen molar-refractivity contribution < 1.29 is 4.79 Å². The van der Waals surface area contributed by atoms with Crippen LogP contribution in [-0.4, -0.2) is 64.4 Å². The number of aromatic amines is 1. The summed E-state index contributed by atoms with van der Waals surface area (Å²) in [7, 11) is 0. The van der Waals surface area contributed by atoms with E-state index >= 15 is 0 Å². The molecule has 6 nitrogen and oxygen atoms in total. The maximum Gasteiger partial charge on any atom is 0.223 e. The van der Waals surface area contributed by atoms with Crippen molar-refractivity contribution in [2.24, 2.45) is 5.92 Å². The molecule has 30 heavy (non-hydrogen) atoms. The number of imidazole rings is 1. The normalized spacial score (nSPS) is 19.8. The summed E-state index contributed by atoms with van der Waals surface area (Å²) in [5, 5.41) is 3.15. The van der Waals surface area contributed by atoms with Crippen molar-refractivity contribution in [1.29, 1.82) is 0 Å². The van der Waals surface area contributed by atoms with Gasteiger partial charge >= 0.3 is 0 Å². The third kappa shape index (κ3) is 5.70. The van der Waals surface area contributed by atoms with Crippen molar-refractivity contribution >= 4 is 5.91 Å². The number of carbonyl (C=O) groups excluding carboxylic acids is 1. The Morgan fingerprint density at radius 1 is 1.10 bits per heavy atom. The maximum atomic E-state index is 12.5. The topological polar surface area (TPSA) is 64.3 Å². The summed E-state index contributed by atoms with van der Waals surface area (Å²) in [5.41, 5.74) is 2.49. The summed E-state index contributed by atoms with van der Waals surface area (Å²) in [6.45, 7) is 8.10. The van der Waals surface area contributed by atoms with Crippen molar-refractivity contribution in [2.45, 2.75) is 51.6 Å². The standard InChI is InChI=1S/C24H35N5O/c1-19-26-17-22(27-19)18-28-13-10-23(11-14-28)29-15-8-21(9-16-29)24(30)25-12-7-20-5-3-2-4-6-20/h2-6,17,21,23H,7-16,18H2,1H3,(H,25,30)(H,26,27). The molecule has 2 fully saturated rings. The zero-order valence-electron chi connectivity index (χ0n) is 18.1. The molecule has 4 rings (SSSR count). The van der Waals surface area contributed by atoms with Gasteiger partial charge in [0.15, 0.2) is 0 Å². The van der Waals surface area contributed by atoms with Crippen LogP contribution in [0.3, 0.4) is 0 Å². The van der Waals surface area contributed by atoms with Gasteiger partial charge in [-0.2, -0.15) is 0 Å². The Labute approximate surface area is 180 Å². The number of carbonyl (C=O) groups is 1. The van der Waals surface area contributed by atoms with Crippen LogP contribution in [0.15, 0.2) is 36.5 Å². The highest BCUT2D eigenvalue weighted by Gasteiger charge is 2.30. The fraction of sp³-hybridized carbons (Fsp3) is 0.583. The van der Waals surface area contributed by atoms with Crippen LogP contribution in [0.5, 0.6) is 0 Å². The van der Waals surface area contributed by atoms with Gasteiger partial charge in [-0.25, -0.2) is 4.98 Å². The number of rotatable bonds is 7. The van der Waals surface area contributed by atoms with E-state index in [0.29, 0.717) is 6.04 Å². The summed E-state index contributed by atoms with van der Waals surface area (Å²) in [4.78, 5) is 25.3. The molecule has 2 aromatic rings. The lowest BCUT2D eigenvalue weighted by Crippen LogP contribution is -2.49. The molecule has 0 atom stereocenters. The number of benzene rings is 1. The number of hydrogen-bond acceptors (Lipinski definition) is 4. The highest BCUT2D eigenvalue weighted by Crippen LogP contribution is 2.24. The quantitative estimate of drug-likeness (QED) is 0.738. The molecule has 2 N–H and O–H groups in total. The Bertz CT molecular complexity index is 789. The molecule has 0 radical (unpaired) electrons. The van der Waals surface area contributed by atoms with Gasteiger partial charge in [0, 0.05) is 50.0 Å².